The number of amides is 1. The van der Waals surface area contributed by atoms with Crippen LogP contribution < -0.4 is 15.5 Å². The van der Waals surface area contributed by atoms with Crippen LogP contribution in [0, 0.1) is 0 Å². The standard InChI is InChI=1S/C25H34F3N7O/c1-2-17-14-35(12-9-29-18-5-3-4-6-18)23(32-17)16-7-10-34(11-8-16)24-21-19(25(26,27)28)13-20(36)33-22(21)30-15-31-24/h14-16,18-19,29H,2-13H2,1H3,(H,30,31,33,36)/t19-/m1/s1. The normalized spacial score (nSPS) is 21.6. The third-order valence-corrected chi connectivity index (χ3v) is 7.77. The Balaban J connectivity index is 1.29. The first-order valence-electron chi connectivity index (χ1n) is 13.1. The van der Waals surface area contributed by atoms with Gasteiger partial charge in [-0.2, -0.15) is 13.2 Å². The second-order valence-corrected chi connectivity index (χ2v) is 10.1. The lowest BCUT2D eigenvalue weighted by molar-refractivity contribution is -0.156. The Morgan fingerprint density at radius 1 is 1.14 bits per heavy atom. The minimum atomic E-state index is -4.54. The molecule has 1 aliphatic carbocycles. The predicted molar refractivity (Wildman–Crippen MR) is 130 cm³/mol. The van der Waals surface area contributed by atoms with Gasteiger partial charge in [-0.1, -0.05) is 19.8 Å². The minimum absolute atomic E-state index is 0.0178. The van der Waals surface area contributed by atoms with Gasteiger partial charge in [-0.3, -0.25) is 4.79 Å². The molecule has 4 heterocycles. The molecule has 11 heteroatoms. The van der Waals surface area contributed by atoms with Crippen LogP contribution in [0.3, 0.4) is 0 Å². The zero-order chi connectivity index (χ0) is 25.3. The predicted octanol–water partition coefficient (Wildman–Crippen LogP) is 4.14. The molecule has 0 aromatic carbocycles. The van der Waals surface area contributed by atoms with E-state index in [-0.39, 0.29) is 23.1 Å². The van der Waals surface area contributed by atoms with Gasteiger partial charge < -0.3 is 20.1 Å². The van der Waals surface area contributed by atoms with Gasteiger partial charge in [0.15, 0.2) is 0 Å². The Hall–Kier alpha value is -2.69. The Bertz CT molecular complexity index is 1070. The molecule has 2 fully saturated rings. The van der Waals surface area contributed by atoms with Crippen LogP contribution in [-0.4, -0.2) is 57.3 Å². The van der Waals surface area contributed by atoms with Crippen molar-refractivity contribution in [3.05, 3.63) is 29.6 Å². The maximum absolute atomic E-state index is 13.8. The van der Waals surface area contributed by atoms with E-state index in [0.29, 0.717) is 19.1 Å². The average molecular weight is 506 g/mol. The third-order valence-electron chi connectivity index (χ3n) is 7.77. The van der Waals surface area contributed by atoms with Crippen molar-refractivity contribution in [2.24, 2.45) is 0 Å². The van der Waals surface area contributed by atoms with Crippen LogP contribution in [0.4, 0.5) is 24.8 Å². The highest BCUT2D eigenvalue weighted by Gasteiger charge is 2.48. The number of aromatic nitrogens is 4. The summed E-state index contributed by atoms with van der Waals surface area (Å²) in [7, 11) is 0. The molecule has 36 heavy (non-hydrogen) atoms. The maximum Gasteiger partial charge on any atom is 0.396 e. The molecule has 1 atom stereocenters. The molecule has 1 saturated heterocycles. The monoisotopic (exact) mass is 505 g/mol. The molecule has 0 spiro atoms. The number of hydrogen-bond donors (Lipinski definition) is 2. The van der Waals surface area contributed by atoms with Crippen LogP contribution in [0.2, 0.25) is 0 Å². The van der Waals surface area contributed by atoms with Gasteiger partial charge in [0.25, 0.3) is 0 Å². The molecule has 2 N–H and O–H groups in total. The van der Waals surface area contributed by atoms with Gasteiger partial charge >= 0.3 is 6.18 Å². The van der Waals surface area contributed by atoms with Crippen molar-refractivity contribution >= 4 is 17.5 Å². The number of carbonyl (C=O) groups is 1. The number of imidazole rings is 1. The van der Waals surface area contributed by atoms with E-state index in [1.807, 2.05) is 4.90 Å². The van der Waals surface area contributed by atoms with Gasteiger partial charge in [0.1, 0.15) is 23.8 Å². The van der Waals surface area contributed by atoms with Crippen molar-refractivity contribution in [1.82, 2.24) is 24.8 Å². The van der Waals surface area contributed by atoms with Crippen molar-refractivity contribution < 1.29 is 18.0 Å². The first-order valence-corrected chi connectivity index (χ1v) is 13.1. The van der Waals surface area contributed by atoms with Gasteiger partial charge in [-0.15, -0.1) is 0 Å². The van der Waals surface area contributed by atoms with Crippen molar-refractivity contribution in [2.45, 2.75) is 88.9 Å². The fourth-order valence-corrected chi connectivity index (χ4v) is 5.84. The topological polar surface area (TPSA) is 88.0 Å². The van der Waals surface area contributed by atoms with Gasteiger partial charge in [0.05, 0.1) is 17.2 Å². The SMILES string of the molecule is CCc1cn(CCNC2CCCC2)c(C2CCN(c3ncnc4c3[C@H](C(F)(F)F)CC(=O)N4)CC2)n1. The minimum Gasteiger partial charge on any atom is -0.356 e. The van der Waals surface area contributed by atoms with Gasteiger partial charge in [0, 0.05) is 50.8 Å². The number of anilines is 2. The van der Waals surface area contributed by atoms with Crippen LogP contribution >= 0.6 is 0 Å². The van der Waals surface area contributed by atoms with Crippen molar-refractivity contribution in [3.8, 4) is 0 Å². The molecular formula is C25H34F3N7O. The van der Waals surface area contributed by atoms with E-state index in [4.69, 9.17) is 4.98 Å². The van der Waals surface area contributed by atoms with Crippen molar-refractivity contribution in [3.63, 3.8) is 0 Å². The molecular weight excluding hydrogens is 471 g/mol. The summed E-state index contributed by atoms with van der Waals surface area (Å²) in [5.41, 5.74) is 1.05. The summed E-state index contributed by atoms with van der Waals surface area (Å²) in [6, 6.07) is 0.620. The molecule has 196 valence electrons. The van der Waals surface area contributed by atoms with E-state index in [2.05, 4.69) is 38.3 Å². The number of fused-ring (bicyclic) bond motifs is 1. The summed E-state index contributed by atoms with van der Waals surface area (Å²) >= 11 is 0. The molecule has 0 radical (unpaired) electrons. The number of hydrogen-bond acceptors (Lipinski definition) is 6. The number of rotatable bonds is 7. The molecule has 2 aromatic rings. The number of alkyl halides is 3. The number of piperidine rings is 1. The van der Waals surface area contributed by atoms with Crippen LogP contribution in [0.15, 0.2) is 12.5 Å². The largest absolute Gasteiger partial charge is 0.396 e. The average Bonchev–Trinajstić information content (AvgIpc) is 3.53. The molecule has 1 saturated carbocycles. The maximum atomic E-state index is 13.8. The lowest BCUT2D eigenvalue weighted by Gasteiger charge is -2.36. The molecule has 1 amide bonds. The summed E-state index contributed by atoms with van der Waals surface area (Å²) in [6.07, 6.45) is 5.73. The van der Waals surface area contributed by atoms with E-state index >= 15 is 0 Å². The van der Waals surface area contributed by atoms with Gasteiger partial charge in [0.2, 0.25) is 5.91 Å². The summed E-state index contributed by atoms with van der Waals surface area (Å²) < 4.78 is 43.8. The second kappa shape index (κ2) is 10.4. The van der Waals surface area contributed by atoms with Crippen LogP contribution in [-0.2, 0) is 17.8 Å². The Labute approximate surface area is 209 Å². The lowest BCUT2D eigenvalue weighted by Crippen LogP contribution is -2.38. The van der Waals surface area contributed by atoms with E-state index in [1.165, 1.54) is 32.0 Å². The van der Waals surface area contributed by atoms with Gasteiger partial charge in [-0.25, -0.2) is 15.0 Å². The second-order valence-electron chi connectivity index (χ2n) is 10.1. The summed E-state index contributed by atoms with van der Waals surface area (Å²) in [4.78, 5) is 26.9. The first-order chi connectivity index (χ1) is 17.3. The van der Waals surface area contributed by atoms with Crippen molar-refractivity contribution in [1.29, 1.82) is 0 Å². The van der Waals surface area contributed by atoms with E-state index in [1.54, 1.807) is 0 Å². The van der Waals surface area contributed by atoms with Crippen LogP contribution in [0.5, 0.6) is 0 Å². The number of nitrogens with zero attached hydrogens (tertiary/aromatic N) is 5. The summed E-state index contributed by atoms with van der Waals surface area (Å²) in [6.45, 7) is 5.02. The Morgan fingerprint density at radius 3 is 2.58 bits per heavy atom. The molecule has 0 unspecified atom stereocenters. The Kier molecular flexibility index (Phi) is 7.18. The molecule has 2 aromatic heterocycles. The highest BCUT2D eigenvalue weighted by atomic mass is 19.4. The van der Waals surface area contributed by atoms with Crippen LogP contribution in [0.25, 0.3) is 0 Å². The zero-order valence-electron chi connectivity index (χ0n) is 20.7. The van der Waals surface area contributed by atoms with E-state index in [9.17, 15) is 18.0 Å². The fraction of sp³-hybridized carbons (Fsp3) is 0.680. The highest BCUT2D eigenvalue weighted by molar-refractivity contribution is 5.94. The quantitative estimate of drug-likeness (QED) is 0.588. The molecule has 0 bridgehead atoms. The molecule has 2 aliphatic heterocycles. The van der Waals surface area contributed by atoms with Crippen molar-refractivity contribution in [2.75, 3.05) is 29.9 Å². The third kappa shape index (κ3) is 5.21. The lowest BCUT2D eigenvalue weighted by atomic mass is 9.90. The van der Waals surface area contributed by atoms with Gasteiger partial charge in [-0.05, 0) is 32.1 Å². The molecule has 3 aliphatic rings. The number of nitrogens with one attached hydrogen (secondary N) is 2. The first kappa shape index (κ1) is 25.0. The summed E-state index contributed by atoms with van der Waals surface area (Å²) in [5, 5.41) is 6.17. The highest BCUT2D eigenvalue weighted by Crippen LogP contribution is 2.46. The number of carbonyl (C=O) groups excluding carboxylic acids is 1. The fourth-order valence-electron chi connectivity index (χ4n) is 5.84. The van der Waals surface area contributed by atoms with E-state index < -0.39 is 24.4 Å². The van der Waals surface area contributed by atoms with Crippen LogP contribution in [0.1, 0.15) is 80.8 Å². The summed E-state index contributed by atoms with van der Waals surface area (Å²) in [5.74, 6) is -1.01. The number of halogens is 3. The Morgan fingerprint density at radius 2 is 1.89 bits per heavy atom. The zero-order valence-corrected chi connectivity index (χ0v) is 20.7. The van der Waals surface area contributed by atoms with E-state index in [0.717, 1.165) is 43.9 Å². The smallest absolute Gasteiger partial charge is 0.356 e. The molecule has 8 nitrogen and oxygen atoms in total. The number of aryl methyl sites for hydroxylation is 1. The molecule has 5 rings (SSSR count).